The summed E-state index contributed by atoms with van der Waals surface area (Å²) in [7, 11) is 0. The lowest BCUT2D eigenvalue weighted by Gasteiger charge is -2.44. The van der Waals surface area contributed by atoms with Gasteiger partial charge in [-0.3, -0.25) is 9.69 Å². The minimum Gasteiger partial charge on any atom is -0.359 e. The van der Waals surface area contributed by atoms with Crippen molar-refractivity contribution in [2.45, 2.75) is 70.4 Å². The van der Waals surface area contributed by atoms with Gasteiger partial charge < -0.3 is 9.42 Å². The number of carbonyl (C=O) groups is 1. The average Bonchev–Trinajstić information content (AvgIpc) is 3.23. The molecule has 3 aliphatic rings. The van der Waals surface area contributed by atoms with E-state index in [2.05, 4.69) is 15.0 Å². The van der Waals surface area contributed by atoms with Gasteiger partial charge in [-0.2, -0.15) is 0 Å². The zero-order chi connectivity index (χ0) is 16.5. The Morgan fingerprint density at radius 1 is 1.17 bits per heavy atom. The molecule has 1 aromatic rings. The molecule has 0 N–H and O–H groups in total. The van der Waals surface area contributed by atoms with Gasteiger partial charge in [0, 0.05) is 18.7 Å². The fourth-order valence-corrected chi connectivity index (χ4v) is 5.08. The van der Waals surface area contributed by atoms with E-state index in [0.717, 1.165) is 43.3 Å². The number of fused-ring (bicyclic) bond motifs is 1. The number of piperidine rings is 1. The molecule has 0 spiro atoms. The third kappa shape index (κ3) is 3.10. The summed E-state index contributed by atoms with van der Waals surface area (Å²) in [5.41, 5.74) is 0.921. The number of amides is 1. The van der Waals surface area contributed by atoms with E-state index in [9.17, 15) is 4.79 Å². The normalized spacial score (nSPS) is 31.2. The highest BCUT2D eigenvalue weighted by Gasteiger charge is 2.37. The molecule has 5 heteroatoms. The molecule has 1 aliphatic carbocycles. The lowest BCUT2D eigenvalue weighted by Crippen LogP contribution is -2.52. The maximum atomic E-state index is 13.0. The summed E-state index contributed by atoms with van der Waals surface area (Å²) in [6, 6.07) is 2.75. The second-order valence-electron chi connectivity index (χ2n) is 7.84. The van der Waals surface area contributed by atoms with Crippen LogP contribution in [-0.4, -0.2) is 46.5 Å². The van der Waals surface area contributed by atoms with Crippen LogP contribution in [0.25, 0.3) is 0 Å². The van der Waals surface area contributed by atoms with Crippen molar-refractivity contribution in [1.29, 1.82) is 0 Å². The summed E-state index contributed by atoms with van der Waals surface area (Å²) in [5.74, 6) is 2.00. The van der Waals surface area contributed by atoms with E-state index < -0.39 is 0 Å². The number of likely N-dealkylation sites (tertiary alicyclic amines) is 2. The highest BCUT2D eigenvalue weighted by Crippen LogP contribution is 2.36. The summed E-state index contributed by atoms with van der Waals surface area (Å²) in [5, 5.41) is 4.02. The predicted molar refractivity (Wildman–Crippen MR) is 91.5 cm³/mol. The molecule has 2 saturated heterocycles. The first kappa shape index (κ1) is 16.1. The molecule has 24 heavy (non-hydrogen) atoms. The number of carbonyl (C=O) groups excluding carboxylic acids is 1. The molecule has 1 saturated carbocycles. The number of nitrogens with zero attached hydrogens (tertiary/aromatic N) is 3. The zero-order valence-electron chi connectivity index (χ0n) is 14.7. The highest BCUT2D eigenvalue weighted by atomic mass is 16.5. The molecular weight excluding hydrogens is 302 g/mol. The van der Waals surface area contributed by atoms with Crippen LogP contribution in [0, 0.1) is 12.8 Å². The lowest BCUT2D eigenvalue weighted by atomic mass is 9.78. The van der Waals surface area contributed by atoms with Crippen molar-refractivity contribution in [2.24, 2.45) is 5.92 Å². The first-order valence-electron chi connectivity index (χ1n) is 9.69. The smallest absolute Gasteiger partial charge is 0.237 e. The van der Waals surface area contributed by atoms with Gasteiger partial charge in [0.25, 0.3) is 0 Å². The largest absolute Gasteiger partial charge is 0.359 e. The number of aryl methyl sites for hydroxylation is 1. The molecule has 5 nitrogen and oxygen atoms in total. The van der Waals surface area contributed by atoms with Crippen LogP contribution in [0.3, 0.4) is 0 Å². The first-order chi connectivity index (χ1) is 11.7. The van der Waals surface area contributed by atoms with Gasteiger partial charge in [0.05, 0.1) is 18.3 Å². The Morgan fingerprint density at radius 3 is 2.79 bits per heavy atom. The van der Waals surface area contributed by atoms with Crippen LogP contribution in [-0.2, 0) is 4.79 Å². The van der Waals surface area contributed by atoms with Crippen molar-refractivity contribution < 1.29 is 9.32 Å². The quantitative estimate of drug-likeness (QED) is 0.853. The molecule has 3 fully saturated rings. The molecule has 0 unspecified atom stereocenters. The lowest BCUT2D eigenvalue weighted by molar-refractivity contribution is -0.139. The van der Waals surface area contributed by atoms with Gasteiger partial charge in [0.15, 0.2) is 5.76 Å². The molecule has 0 bridgehead atoms. The molecule has 0 radical (unpaired) electrons. The summed E-state index contributed by atoms with van der Waals surface area (Å²) >= 11 is 0. The van der Waals surface area contributed by atoms with Gasteiger partial charge in [-0.25, -0.2) is 0 Å². The van der Waals surface area contributed by atoms with Gasteiger partial charge in [0.2, 0.25) is 5.91 Å². The number of hydrogen-bond donors (Lipinski definition) is 0. The third-order valence-electron chi connectivity index (χ3n) is 6.24. The maximum absolute atomic E-state index is 13.0. The van der Waals surface area contributed by atoms with E-state index in [-0.39, 0.29) is 6.04 Å². The molecule has 4 rings (SSSR count). The minimum absolute atomic E-state index is 0.224. The zero-order valence-corrected chi connectivity index (χ0v) is 14.7. The Bertz CT molecular complexity index is 583. The summed E-state index contributed by atoms with van der Waals surface area (Å²) in [6.45, 7) is 4.43. The Balaban J connectivity index is 1.43. The van der Waals surface area contributed by atoms with E-state index in [1.54, 1.807) is 0 Å². The van der Waals surface area contributed by atoms with E-state index >= 15 is 0 Å². The van der Waals surface area contributed by atoms with Crippen molar-refractivity contribution in [2.75, 3.05) is 19.6 Å². The minimum atomic E-state index is 0.224. The van der Waals surface area contributed by atoms with Crippen LogP contribution < -0.4 is 0 Å². The van der Waals surface area contributed by atoms with Gasteiger partial charge in [-0.15, -0.1) is 0 Å². The SMILES string of the molecule is Cc1cc([C@@H]2CCCN2CC(=O)N2CCC[C@H]3CCCC[C@@H]32)on1. The molecule has 3 heterocycles. The predicted octanol–water partition coefficient (Wildman–Crippen LogP) is 3.30. The second-order valence-corrected chi connectivity index (χ2v) is 7.84. The van der Waals surface area contributed by atoms with Crippen LogP contribution in [0.1, 0.15) is 68.9 Å². The van der Waals surface area contributed by atoms with Crippen LogP contribution in [0.4, 0.5) is 0 Å². The standard InChI is InChI=1S/C19H29N3O2/c1-14-12-18(24-20-14)17-9-5-10-21(17)13-19(23)22-11-4-7-15-6-2-3-8-16(15)22/h12,15-17H,2-11,13H2,1H3/t15-,16+,17+/m1/s1. The van der Waals surface area contributed by atoms with Gasteiger partial charge in [-0.1, -0.05) is 18.0 Å². The molecule has 1 aromatic heterocycles. The fourth-order valence-electron chi connectivity index (χ4n) is 5.08. The van der Waals surface area contributed by atoms with Crippen molar-refractivity contribution in [3.05, 3.63) is 17.5 Å². The molecular formula is C19H29N3O2. The van der Waals surface area contributed by atoms with Crippen LogP contribution in [0.15, 0.2) is 10.6 Å². The van der Waals surface area contributed by atoms with E-state index in [1.807, 2.05) is 13.0 Å². The van der Waals surface area contributed by atoms with Crippen molar-refractivity contribution in [3.63, 3.8) is 0 Å². The molecule has 3 atom stereocenters. The van der Waals surface area contributed by atoms with Crippen molar-refractivity contribution >= 4 is 5.91 Å². The third-order valence-corrected chi connectivity index (χ3v) is 6.24. The fraction of sp³-hybridized carbons (Fsp3) is 0.789. The maximum Gasteiger partial charge on any atom is 0.237 e. The molecule has 0 aromatic carbocycles. The van der Waals surface area contributed by atoms with E-state index in [4.69, 9.17) is 4.52 Å². The topological polar surface area (TPSA) is 49.6 Å². The Hall–Kier alpha value is -1.36. The molecule has 1 amide bonds. The Kier molecular flexibility index (Phi) is 4.61. The van der Waals surface area contributed by atoms with Crippen molar-refractivity contribution in [1.82, 2.24) is 15.0 Å². The number of rotatable bonds is 3. The van der Waals surface area contributed by atoms with Crippen molar-refractivity contribution in [3.8, 4) is 0 Å². The first-order valence-corrected chi connectivity index (χ1v) is 9.69. The van der Waals surface area contributed by atoms with E-state index in [1.165, 1.54) is 38.5 Å². The number of aromatic nitrogens is 1. The molecule has 132 valence electrons. The van der Waals surface area contributed by atoms with Crippen LogP contribution in [0.5, 0.6) is 0 Å². The van der Waals surface area contributed by atoms with Crippen LogP contribution in [0.2, 0.25) is 0 Å². The van der Waals surface area contributed by atoms with Gasteiger partial charge in [0.1, 0.15) is 0 Å². The van der Waals surface area contributed by atoms with E-state index in [0.29, 0.717) is 18.5 Å². The van der Waals surface area contributed by atoms with Gasteiger partial charge in [-0.05, 0) is 57.9 Å². The second kappa shape index (κ2) is 6.87. The monoisotopic (exact) mass is 331 g/mol. The Labute approximate surface area is 144 Å². The van der Waals surface area contributed by atoms with Crippen LogP contribution >= 0.6 is 0 Å². The average molecular weight is 331 g/mol. The summed E-state index contributed by atoms with van der Waals surface area (Å²) in [4.78, 5) is 17.5. The molecule has 2 aliphatic heterocycles. The highest BCUT2D eigenvalue weighted by molar-refractivity contribution is 5.79. The summed E-state index contributed by atoms with van der Waals surface area (Å²) in [6.07, 6.45) is 9.85. The van der Waals surface area contributed by atoms with Gasteiger partial charge >= 0.3 is 0 Å². The summed E-state index contributed by atoms with van der Waals surface area (Å²) < 4.78 is 5.47. The number of hydrogen-bond acceptors (Lipinski definition) is 4. The Morgan fingerprint density at radius 2 is 1.96 bits per heavy atom.